The van der Waals surface area contributed by atoms with Gasteiger partial charge in [-0.2, -0.15) is 19.6 Å². The van der Waals surface area contributed by atoms with Crippen LogP contribution in [0.1, 0.15) is 329 Å². The van der Waals surface area contributed by atoms with Gasteiger partial charge < -0.3 is 62.7 Å². The van der Waals surface area contributed by atoms with Crippen LogP contribution in [-0.2, 0) is 38.6 Å². The Labute approximate surface area is 688 Å². The quantitative estimate of drug-likeness (QED) is 0.0527. The van der Waals surface area contributed by atoms with E-state index in [1.807, 2.05) is 99.6 Å². The minimum absolute atomic E-state index is 0. The number of rotatable bonds is 14. The number of benzene rings is 2. The van der Waals surface area contributed by atoms with E-state index in [2.05, 4.69) is 113 Å². The fraction of sp³-hybridized carbons (Fsp3) is 0.851. The van der Waals surface area contributed by atoms with Crippen molar-refractivity contribution in [1.29, 1.82) is 0 Å². The van der Waals surface area contributed by atoms with E-state index in [-0.39, 0.29) is 24.9 Å². The van der Waals surface area contributed by atoms with Gasteiger partial charge >= 0.3 is 11.9 Å². The molecular weight excluding hydrogens is 1420 g/mol. The van der Waals surface area contributed by atoms with Crippen LogP contribution in [0.4, 0.5) is 0 Å². The first kappa shape index (κ1) is 96.9. The summed E-state index contributed by atoms with van der Waals surface area (Å²) in [5.41, 5.74) is 23.8. The van der Waals surface area contributed by atoms with Gasteiger partial charge in [0.2, 0.25) is 23.1 Å². The first-order chi connectivity index (χ1) is 52.9. The molecule has 4 spiro atoms. The maximum absolute atomic E-state index is 12.3. The molecule has 19 nitrogen and oxygen atoms in total. The molecule has 0 unspecified atom stereocenters. The molecule has 15 aliphatic rings. The summed E-state index contributed by atoms with van der Waals surface area (Å²) in [6.45, 7) is 51.0. The summed E-state index contributed by atoms with van der Waals surface area (Å²) in [7, 11) is 0. The van der Waals surface area contributed by atoms with Crippen molar-refractivity contribution in [1.82, 2.24) is 25.8 Å². The number of carbonyl (C=O) groups excluding carboxylic acids is 2. The Morgan fingerprint density at radius 2 is 0.947 bits per heavy atom. The lowest BCUT2D eigenvalue weighted by atomic mass is 9.53. The van der Waals surface area contributed by atoms with Gasteiger partial charge in [0.1, 0.15) is 11.5 Å². The minimum Gasteiger partial charge on any atom is -0.426 e. The van der Waals surface area contributed by atoms with E-state index in [1.165, 1.54) is 146 Å². The van der Waals surface area contributed by atoms with E-state index in [4.69, 9.17) is 61.4 Å². The van der Waals surface area contributed by atoms with Crippen LogP contribution in [0, 0.1) is 70.0 Å². The van der Waals surface area contributed by atoms with Crippen LogP contribution in [0.15, 0.2) is 48.5 Å². The van der Waals surface area contributed by atoms with Gasteiger partial charge in [0.05, 0.1) is 10.8 Å². The van der Waals surface area contributed by atoms with Crippen LogP contribution in [0.25, 0.3) is 0 Å². The summed E-state index contributed by atoms with van der Waals surface area (Å²) in [6, 6.07) is 19.5. The van der Waals surface area contributed by atoms with Crippen molar-refractivity contribution in [3.8, 4) is 11.5 Å². The number of esters is 2. The lowest BCUT2D eigenvalue weighted by Gasteiger charge is -2.57. The van der Waals surface area contributed by atoms with Crippen molar-refractivity contribution < 1.29 is 48.1 Å². The molecule has 4 heterocycles. The number of nitrogens with zero attached hydrogens (tertiary/aromatic N) is 2. The number of nitrogens with one attached hydrogen (secondary N) is 3. The number of hydrogen-bond donors (Lipinski definition) is 7. The Morgan fingerprint density at radius 1 is 0.531 bits per heavy atom. The lowest BCUT2D eigenvalue weighted by Crippen LogP contribution is -2.59. The van der Waals surface area contributed by atoms with E-state index in [1.54, 1.807) is 0 Å². The predicted molar refractivity (Wildman–Crippen MR) is 462 cm³/mol. The molecule has 4 saturated heterocycles. The van der Waals surface area contributed by atoms with Crippen molar-refractivity contribution in [2.24, 2.45) is 92.9 Å². The average molecular weight is 1590 g/mol. The van der Waals surface area contributed by atoms with Crippen LogP contribution in [-0.4, -0.2) is 146 Å². The van der Waals surface area contributed by atoms with Crippen LogP contribution >= 0.6 is 0 Å². The maximum Gasteiger partial charge on any atom is 0.316 e. The molecule has 15 fully saturated rings. The number of piperazine rings is 1. The van der Waals surface area contributed by atoms with E-state index in [9.17, 15) is 9.59 Å². The van der Waals surface area contributed by atoms with Gasteiger partial charge in [0.25, 0.3) is 0 Å². The summed E-state index contributed by atoms with van der Waals surface area (Å²) in [5.74, 6) is 6.45. The zero-order chi connectivity index (χ0) is 82.0. The lowest BCUT2D eigenvalue weighted by molar-refractivity contribution is -0.390. The SMILES string of the molecule is C.CC.CC(C)(C)C(=O)Oc1ccc([C@@H]2CCC[C@]3(C2)OOC2(O3)C3CC4CC(C3)CC2C4)cc1.CC(C)(C)C(=O)Oc1cccc([C@@H]2CCC[C@]3(C2)OOC2(O3)C3CC4CC(C3)CC2C4)c1.CC(C)CC1CCC(N)CC1.CC(C)N1CCC(N)CC1.CC(C)N1CCNCC1.CC(C)NCC(C)(C)N.CC(C)NCCN. The Hall–Kier alpha value is -3.22. The highest BCUT2D eigenvalue weighted by molar-refractivity contribution is 5.78. The molecule has 650 valence electrons. The summed E-state index contributed by atoms with van der Waals surface area (Å²) >= 11 is 0. The minimum atomic E-state index is -0.642. The third kappa shape index (κ3) is 28.5. The standard InChI is InChI=1S/2C27H36O5.C10H21N.C8H18N2.C7H16N2.C7H18N2.C5H14N2.C2H6.CH4/c1-25(2,3)24(28)29-23-8-4-6-19(15-23)20-7-5-9-26(16-20)30-27(32-31-26)21-11-17-10-18(13-21)14-22(27)12-17;1-25(2,3)24(28)29-23-8-6-19(7-9-23)20-5-4-10-26(16-20)30-27(32-31-26)21-12-17-11-18(14-21)15-22(27)13-17;1-8(2)7-9-3-5-10(11)6-4-9;1-7(2)10-5-3-8(9)4-6-10;1-7(2)9-5-3-8-4-6-9;1-6(2)9-5-7(3,4)8;1-5(2)7-4-3-6;1-2;/h4,6,8,15,17-18,20-22H,5,7,9-14,16H2,1-3H3;6-9,17-18,20-22H,4-5,10-16H2,1-3H3;8-10H,3-7,11H2,1-2H3;7-8H,3-6,9H2,1-2H3;7-8H,3-6H2,1-2H3;6,9H,5,8H2,1-4H3;5,7H,3-4,6H2,1-2H3;1-2H3;1H4/t2*17?,18?,20-,21?,22?,26-,27?;;;;;;;/m11......./s1. The molecule has 0 aromatic heterocycles. The van der Waals surface area contributed by atoms with Crippen molar-refractivity contribution in [2.75, 3.05) is 58.9 Å². The van der Waals surface area contributed by atoms with Crippen LogP contribution in [0.3, 0.4) is 0 Å². The summed E-state index contributed by atoms with van der Waals surface area (Å²) < 4.78 is 25.0. The summed E-state index contributed by atoms with van der Waals surface area (Å²) in [4.78, 5) is 54.2. The molecule has 17 rings (SSSR count). The Balaban J connectivity index is 0.000000200. The zero-order valence-corrected chi connectivity index (χ0v) is 74.3. The number of nitrogens with two attached hydrogens (primary N) is 4. The molecule has 4 aliphatic heterocycles. The number of ether oxygens (including phenoxy) is 4. The first-order valence-electron chi connectivity index (χ1n) is 45.3. The van der Waals surface area contributed by atoms with Crippen molar-refractivity contribution in [3.05, 3.63) is 59.7 Å². The highest BCUT2D eigenvalue weighted by atomic mass is 17.3. The van der Waals surface area contributed by atoms with Crippen LogP contribution in [0.5, 0.6) is 11.5 Å². The number of hydrogen-bond acceptors (Lipinski definition) is 19. The molecule has 0 radical (unpaired) electrons. The van der Waals surface area contributed by atoms with Gasteiger partial charge in [-0.05, 0) is 314 Å². The van der Waals surface area contributed by atoms with Gasteiger partial charge in [-0.1, -0.05) is 87.1 Å². The number of carbonyl (C=O) groups is 2. The molecule has 8 bridgehead atoms. The molecule has 19 heteroatoms. The van der Waals surface area contributed by atoms with Gasteiger partial charge in [-0.25, -0.2) is 0 Å². The highest BCUT2D eigenvalue weighted by Gasteiger charge is 2.69. The van der Waals surface area contributed by atoms with Gasteiger partial charge in [0, 0.05) is 137 Å². The first-order valence-corrected chi connectivity index (χ1v) is 45.3. The van der Waals surface area contributed by atoms with Gasteiger partial charge in [-0.3, -0.25) is 14.5 Å². The second-order valence-electron chi connectivity index (χ2n) is 40.6. The smallest absolute Gasteiger partial charge is 0.316 e. The largest absolute Gasteiger partial charge is 0.426 e. The highest BCUT2D eigenvalue weighted by Crippen LogP contribution is 2.66. The molecule has 11 saturated carbocycles. The van der Waals surface area contributed by atoms with E-state index in [0.29, 0.717) is 77.2 Å². The maximum atomic E-state index is 12.3. The van der Waals surface area contributed by atoms with Crippen molar-refractivity contribution >= 4 is 11.9 Å². The van der Waals surface area contributed by atoms with E-state index < -0.39 is 34.0 Å². The molecule has 11 aliphatic carbocycles. The molecule has 4 atom stereocenters. The number of likely N-dealkylation sites (tertiary alicyclic amines) is 1. The molecule has 2 aromatic carbocycles. The number of piperidine rings is 1. The van der Waals surface area contributed by atoms with Gasteiger partial charge in [0.15, 0.2) is 0 Å². The van der Waals surface area contributed by atoms with Crippen LogP contribution in [0.2, 0.25) is 0 Å². The Bertz CT molecular complexity index is 3010. The molecule has 2 aromatic rings. The van der Waals surface area contributed by atoms with Crippen molar-refractivity contribution in [2.45, 2.75) is 383 Å². The Morgan fingerprint density at radius 3 is 1.32 bits per heavy atom. The van der Waals surface area contributed by atoms with E-state index in [0.717, 1.165) is 126 Å². The summed E-state index contributed by atoms with van der Waals surface area (Å²) in [6.07, 6.45) is 29.4. The average Bonchev–Trinajstić information content (AvgIpc) is 1.63. The molecule has 0 amide bonds. The van der Waals surface area contributed by atoms with E-state index >= 15 is 0 Å². The van der Waals surface area contributed by atoms with Gasteiger partial charge in [-0.15, -0.1) is 0 Å². The Kier molecular flexibility index (Phi) is 37.6. The molecular formula is C94H169N9O10. The third-order valence-electron chi connectivity index (χ3n) is 26.1. The fourth-order valence-electron chi connectivity index (χ4n) is 20.2. The fourth-order valence-corrected chi connectivity index (χ4v) is 20.2. The topological polar surface area (TPSA) is 255 Å². The third-order valence-corrected chi connectivity index (χ3v) is 26.1. The second kappa shape index (κ2) is 43.8. The molecule has 11 N–H and O–H groups in total. The predicted octanol–water partition coefficient (Wildman–Crippen LogP) is 18.2. The monoisotopic (exact) mass is 1580 g/mol. The normalized spacial score (nSPS) is 33.0. The van der Waals surface area contributed by atoms with Crippen LogP contribution < -0.4 is 48.4 Å². The molecule has 113 heavy (non-hydrogen) atoms. The zero-order valence-electron chi connectivity index (χ0n) is 74.3. The summed E-state index contributed by atoms with van der Waals surface area (Å²) in [5, 5.41) is 9.76. The van der Waals surface area contributed by atoms with Crippen molar-refractivity contribution in [3.63, 3.8) is 0 Å². The second-order valence-corrected chi connectivity index (χ2v) is 40.6.